The van der Waals surface area contributed by atoms with Crippen LogP contribution in [-0.4, -0.2) is 18.4 Å². The lowest BCUT2D eigenvalue weighted by molar-refractivity contribution is -0.136. The third kappa shape index (κ3) is 6.76. The summed E-state index contributed by atoms with van der Waals surface area (Å²) in [5.74, 6) is -0.682. The molecule has 0 heterocycles. The Labute approximate surface area is 158 Å². The van der Waals surface area contributed by atoms with Gasteiger partial charge in [0.1, 0.15) is 5.75 Å². The summed E-state index contributed by atoms with van der Waals surface area (Å²) in [5.41, 5.74) is 1.36. The third-order valence-corrected chi connectivity index (χ3v) is 3.91. The quantitative estimate of drug-likeness (QED) is 0.538. The first kappa shape index (κ1) is 19.8. The zero-order valence-electron chi connectivity index (χ0n) is 14.8. The standard InChI is InChI=1S/C20H23ClN2O3/c1-2-3-4-12-26-18-10-8-17(9-11-18)23-20(25)19(24)22-14-15-6-5-7-16(21)13-15/h5-11,13H,2-4,12,14H2,1H3,(H,22,24)(H,23,25). The molecule has 6 heteroatoms. The van der Waals surface area contributed by atoms with E-state index in [4.69, 9.17) is 16.3 Å². The smallest absolute Gasteiger partial charge is 0.313 e. The molecule has 0 aliphatic rings. The normalized spacial score (nSPS) is 10.2. The van der Waals surface area contributed by atoms with E-state index in [1.165, 1.54) is 0 Å². The fourth-order valence-electron chi connectivity index (χ4n) is 2.27. The minimum absolute atomic E-state index is 0.233. The van der Waals surface area contributed by atoms with Crippen molar-refractivity contribution in [3.63, 3.8) is 0 Å². The molecule has 0 bridgehead atoms. The highest BCUT2D eigenvalue weighted by Gasteiger charge is 2.13. The number of carbonyl (C=O) groups excluding carboxylic acids is 2. The van der Waals surface area contributed by atoms with E-state index in [1.54, 1.807) is 42.5 Å². The first-order valence-electron chi connectivity index (χ1n) is 8.65. The van der Waals surface area contributed by atoms with Gasteiger partial charge < -0.3 is 15.4 Å². The van der Waals surface area contributed by atoms with Crippen LogP contribution >= 0.6 is 11.6 Å². The van der Waals surface area contributed by atoms with E-state index >= 15 is 0 Å². The minimum Gasteiger partial charge on any atom is -0.494 e. The van der Waals surface area contributed by atoms with Gasteiger partial charge in [-0.25, -0.2) is 0 Å². The van der Waals surface area contributed by atoms with Gasteiger partial charge in [0, 0.05) is 17.3 Å². The predicted molar refractivity (Wildman–Crippen MR) is 103 cm³/mol. The number of ether oxygens (including phenoxy) is 1. The van der Waals surface area contributed by atoms with Crippen molar-refractivity contribution in [1.82, 2.24) is 5.32 Å². The van der Waals surface area contributed by atoms with Gasteiger partial charge in [0.2, 0.25) is 0 Å². The second-order valence-electron chi connectivity index (χ2n) is 5.85. The van der Waals surface area contributed by atoms with Crippen molar-refractivity contribution in [2.75, 3.05) is 11.9 Å². The first-order chi connectivity index (χ1) is 12.6. The number of rotatable bonds is 8. The van der Waals surface area contributed by atoms with Gasteiger partial charge in [-0.3, -0.25) is 9.59 Å². The van der Waals surface area contributed by atoms with E-state index in [0.29, 0.717) is 17.3 Å². The first-order valence-corrected chi connectivity index (χ1v) is 9.02. The van der Waals surface area contributed by atoms with Gasteiger partial charge in [-0.15, -0.1) is 0 Å². The van der Waals surface area contributed by atoms with Gasteiger partial charge in [-0.05, 0) is 48.4 Å². The molecule has 2 aromatic rings. The summed E-state index contributed by atoms with van der Waals surface area (Å²) < 4.78 is 5.61. The van der Waals surface area contributed by atoms with Crippen LogP contribution < -0.4 is 15.4 Å². The summed E-state index contributed by atoms with van der Waals surface area (Å²) in [6.07, 6.45) is 3.30. The summed E-state index contributed by atoms with van der Waals surface area (Å²) in [4.78, 5) is 23.8. The Kier molecular flexibility index (Phi) is 7.96. The molecule has 0 unspecified atom stereocenters. The van der Waals surface area contributed by atoms with Crippen molar-refractivity contribution in [2.24, 2.45) is 0 Å². The van der Waals surface area contributed by atoms with E-state index in [9.17, 15) is 9.59 Å². The van der Waals surface area contributed by atoms with Crippen LogP contribution in [0.15, 0.2) is 48.5 Å². The fourth-order valence-corrected chi connectivity index (χ4v) is 2.49. The van der Waals surface area contributed by atoms with Crippen LogP contribution in [0.1, 0.15) is 31.7 Å². The van der Waals surface area contributed by atoms with Gasteiger partial charge >= 0.3 is 11.8 Å². The van der Waals surface area contributed by atoms with Crippen molar-refractivity contribution in [3.8, 4) is 5.75 Å². The predicted octanol–water partition coefficient (Wildman–Crippen LogP) is 4.16. The number of carbonyl (C=O) groups is 2. The van der Waals surface area contributed by atoms with Crippen LogP contribution in [0.3, 0.4) is 0 Å². The maximum absolute atomic E-state index is 11.9. The molecular formula is C20H23ClN2O3. The molecular weight excluding hydrogens is 352 g/mol. The van der Waals surface area contributed by atoms with Crippen LogP contribution in [0, 0.1) is 0 Å². The van der Waals surface area contributed by atoms with Crippen LogP contribution in [0.2, 0.25) is 5.02 Å². The zero-order valence-corrected chi connectivity index (χ0v) is 15.5. The summed E-state index contributed by atoms with van der Waals surface area (Å²) in [5, 5.41) is 5.71. The number of amides is 2. The number of anilines is 1. The van der Waals surface area contributed by atoms with Gasteiger partial charge in [0.15, 0.2) is 0 Å². The van der Waals surface area contributed by atoms with Crippen LogP contribution in [-0.2, 0) is 16.1 Å². The maximum Gasteiger partial charge on any atom is 0.313 e. The average Bonchev–Trinajstić information content (AvgIpc) is 2.64. The highest BCUT2D eigenvalue weighted by molar-refractivity contribution is 6.39. The second-order valence-corrected chi connectivity index (χ2v) is 6.28. The van der Waals surface area contributed by atoms with Crippen LogP contribution in [0.5, 0.6) is 5.75 Å². The van der Waals surface area contributed by atoms with E-state index < -0.39 is 11.8 Å². The molecule has 0 fully saturated rings. The molecule has 0 saturated heterocycles. The topological polar surface area (TPSA) is 67.4 Å². The fraction of sp³-hybridized carbons (Fsp3) is 0.300. The Morgan fingerprint density at radius 2 is 1.81 bits per heavy atom. The summed E-state index contributed by atoms with van der Waals surface area (Å²) in [7, 11) is 0. The van der Waals surface area contributed by atoms with E-state index in [2.05, 4.69) is 17.6 Å². The van der Waals surface area contributed by atoms with Crippen molar-refractivity contribution < 1.29 is 14.3 Å². The van der Waals surface area contributed by atoms with Crippen molar-refractivity contribution in [2.45, 2.75) is 32.7 Å². The molecule has 0 aliphatic carbocycles. The molecule has 2 amide bonds. The molecule has 0 spiro atoms. The Balaban J connectivity index is 1.78. The van der Waals surface area contributed by atoms with E-state index in [0.717, 1.165) is 30.6 Å². The van der Waals surface area contributed by atoms with Crippen LogP contribution in [0.25, 0.3) is 0 Å². The molecule has 0 saturated carbocycles. The SMILES string of the molecule is CCCCCOc1ccc(NC(=O)C(=O)NCc2cccc(Cl)c2)cc1. The number of unbranched alkanes of at least 4 members (excludes halogenated alkanes) is 2. The number of hydrogen-bond acceptors (Lipinski definition) is 3. The highest BCUT2D eigenvalue weighted by atomic mass is 35.5. The summed E-state index contributed by atoms with van der Waals surface area (Å²) >= 11 is 5.89. The van der Waals surface area contributed by atoms with Gasteiger partial charge in [-0.2, -0.15) is 0 Å². The average molecular weight is 375 g/mol. The van der Waals surface area contributed by atoms with E-state index in [1.807, 2.05) is 6.07 Å². The largest absolute Gasteiger partial charge is 0.494 e. The Morgan fingerprint density at radius 1 is 1.04 bits per heavy atom. The van der Waals surface area contributed by atoms with Crippen molar-refractivity contribution in [1.29, 1.82) is 0 Å². The van der Waals surface area contributed by atoms with Gasteiger partial charge in [0.25, 0.3) is 0 Å². The maximum atomic E-state index is 11.9. The number of hydrogen-bond donors (Lipinski definition) is 2. The molecule has 26 heavy (non-hydrogen) atoms. The van der Waals surface area contributed by atoms with Gasteiger partial charge in [0.05, 0.1) is 6.61 Å². The molecule has 5 nitrogen and oxygen atoms in total. The molecule has 0 aromatic heterocycles. The number of benzene rings is 2. The van der Waals surface area contributed by atoms with Crippen LogP contribution in [0.4, 0.5) is 5.69 Å². The lowest BCUT2D eigenvalue weighted by atomic mass is 10.2. The monoisotopic (exact) mass is 374 g/mol. The van der Waals surface area contributed by atoms with E-state index in [-0.39, 0.29) is 6.54 Å². The molecule has 2 N–H and O–H groups in total. The summed E-state index contributed by atoms with van der Waals surface area (Å²) in [6, 6.07) is 14.0. The molecule has 0 radical (unpaired) electrons. The van der Waals surface area contributed by atoms with Crippen molar-refractivity contribution >= 4 is 29.1 Å². The highest BCUT2D eigenvalue weighted by Crippen LogP contribution is 2.16. The lowest BCUT2D eigenvalue weighted by Gasteiger charge is -2.09. The summed E-state index contributed by atoms with van der Waals surface area (Å²) in [6.45, 7) is 3.05. The van der Waals surface area contributed by atoms with Crippen molar-refractivity contribution in [3.05, 3.63) is 59.1 Å². The molecule has 138 valence electrons. The second kappa shape index (κ2) is 10.5. The molecule has 0 aliphatic heterocycles. The minimum atomic E-state index is -0.719. The lowest BCUT2D eigenvalue weighted by Crippen LogP contribution is -2.34. The molecule has 2 rings (SSSR count). The number of halogens is 1. The Bertz CT molecular complexity index is 732. The zero-order chi connectivity index (χ0) is 18.8. The van der Waals surface area contributed by atoms with Gasteiger partial charge in [-0.1, -0.05) is 43.5 Å². The Hall–Kier alpha value is -2.53. The molecule has 2 aromatic carbocycles. The number of nitrogens with one attached hydrogen (secondary N) is 2. The third-order valence-electron chi connectivity index (χ3n) is 3.68. The Morgan fingerprint density at radius 3 is 2.50 bits per heavy atom. The molecule has 0 atom stereocenters.